The van der Waals surface area contributed by atoms with Crippen LogP contribution in [0, 0.1) is 6.92 Å². The Morgan fingerprint density at radius 2 is 1.95 bits per heavy atom. The number of nitrogens with one attached hydrogen (secondary N) is 3. The number of hydrogen-bond donors (Lipinski definition) is 3. The molecular weight excluding hydrogens is 522 g/mol. The molecule has 2 aromatic carbocycles. The van der Waals surface area contributed by atoms with Crippen LogP contribution in [-0.2, 0) is 13.1 Å². The van der Waals surface area contributed by atoms with Gasteiger partial charge in [0.1, 0.15) is 10.9 Å². The van der Waals surface area contributed by atoms with Gasteiger partial charge in [0.2, 0.25) is 0 Å². The van der Waals surface area contributed by atoms with E-state index in [2.05, 4.69) is 20.9 Å². The zero-order valence-electron chi connectivity index (χ0n) is 20.8. The van der Waals surface area contributed by atoms with Crippen LogP contribution in [0.15, 0.2) is 82.5 Å². The smallest absolute Gasteiger partial charge is 0.257 e. The number of nitrogens with zero attached hydrogens (tertiary/aromatic N) is 2. The number of carbonyl (C=O) groups excluding carboxylic acids is 1. The van der Waals surface area contributed by atoms with E-state index in [-0.39, 0.29) is 23.5 Å². The van der Waals surface area contributed by atoms with Crippen LogP contribution in [0.3, 0.4) is 0 Å². The summed E-state index contributed by atoms with van der Waals surface area (Å²) in [6, 6.07) is 22.2. The van der Waals surface area contributed by atoms with E-state index in [0.717, 1.165) is 21.9 Å². The molecule has 4 aromatic rings. The number of pyridine rings is 2. The number of para-hydroxylation sites is 1. The lowest BCUT2D eigenvalue weighted by atomic mass is 10.1. The average Bonchev–Trinajstić information content (AvgIpc) is 3.32. The lowest BCUT2D eigenvalue weighted by molar-refractivity contribution is 0.0952. The van der Waals surface area contributed by atoms with Crippen molar-refractivity contribution in [3.05, 3.63) is 111 Å². The van der Waals surface area contributed by atoms with Crippen LogP contribution in [0.5, 0.6) is 5.75 Å². The second-order valence-corrected chi connectivity index (χ2v) is 10.2. The lowest BCUT2D eigenvalue weighted by Crippen LogP contribution is -2.38. The van der Waals surface area contributed by atoms with Crippen molar-refractivity contribution in [1.82, 2.24) is 14.9 Å². The number of fused-ring (bicyclic) bond motifs is 1. The maximum Gasteiger partial charge on any atom is 0.257 e. The predicted octanol–water partition coefficient (Wildman–Crippen LogP) is 5.11. The Hall–Kier alpha value is -3.95. The SMILES string of the molecule is COc1cccc(CNc2cc(=O)n(Cc3cccc(Cl)n3)c(C)c2C(=O)NC2Nc3ccccc3S2)c1. The molecule has 8 nitrogen and oxygen atoms in total. The summed E-state index contributed by atoms with van der Waals surface area (Å²) in [5, 5.41) is 10.0. The number of benzene rings is 2. The van der Waals surface area contributed by atoms with Gasteiger partial charge in [-0.25, -0.2) is 4.98 Å². The Bertz CT molecular complexity index is 1530. The molecule has 0 fully saturated rings. The maximum absolute atomic E-state index is 13.7. The zero-order chi connectivity index (χ0) is 26.6. The van der Waals surface area contributed by atoms with Crippen LogP contribution in [0.1, 0.15) is 27.3 Å². The van der Waals surface area contributed by atoms with Crippen molar-refractivity contribution < 1.29 is 9.53 Å². The highest BCUT2D eigenvalue weighted by Crippen LogP contribution is 2.37. The second-order valence-electron chi connectivity index (χ2n) is 8.71. The fourth-order valence-electron chi connectivity index (χ4n) is 4.31. The monoisotopic (exact) mass is 547 g/mol. The quantitative estimate of drug-likeness (QED) is 0.264. The van der Waals surface area contributed by atoms with E-state index in [1.54, 1.807) is 32.2 Å². The predicted molar refractivity (Wildman–Crippen MR) is 151 cm³/mol. The Morgan fingerprint density at radius 1 is 1.13 bits per heavy atom. The molecule has 1 atom stereocenters. The number of carbonyl (C=O) groups is 1. The van der Waals surface area contributed by atoms with Crippen molar-refractivity contribution in [3.63, 3.8) is 0 Å². The highest BCUT2D eigenvalue weighted by molar-refractivity contribution is 8.00. The van der Waals surface area contributed by atoms with E-state index in [9.17, 15) is 9.59 Å². The number of thioether (sulfide) groups is 1. The third-order valence-electron chi connectivity index (χ3n) is 6.19. The molecule has 0 radical (unpaired) electrons. The number of halogens is 1. The van der Waals surface area contributed by atoms with Gasteiger partial charge < -0.3 is 25.3 Å². The van der Waals surface area contributed by atoms with E-state index in [1.807, 2.05) is 48.5 Å². The van der Waals surface area contributed by atoms with Gasteiger partial charge >= 0.3 is 0 Å². The molecule has 0 saturated carbocycles. The van der Waals surface area contributed by atoms with Crippen LogP contribution >= 0.6 is 23.4 Å². The average molecular weight is 548 g/mol. The van der Waals surface area contributed by atoms with Crippen molar-refractivity contribution in [3.8, 4) is 5.75 Å². The summed E-state index contributed by atoms with van der Waals surface area (Å²) in [5.41, 5.74) is 3.28. The number of hydrogen-bond acceptors (Lipinski definition) is 7. The van der Waals surface area contributed by atoms with Gasteiger partial charge in [0.05, 0.1) is 36.3 Å². The van der Waals surface area contributed by atoms with Crippen LogP contribution in [0.25, 0.3) is 0 Å². The summed E-state index contributed by atoms with van der Waals surface area (Å²) in [7, 11) is 1.61. The van der Waals surface area contributed by atoms with Crippen LogP contribution in [0.2, 0.25) is 5.15 Å². The van der Waals surface area contributed by atoms with E-state index >= 15 is 0 Å². The molecule has 0 bridgehead atoms. The van der Waals surface area contributed by atoms with E-state index < -0.39 is 0 Å². The molecule has 0 spiro atoms. The molecule has 5 rings (SSSR count). The minimum Gasteiger partial charge on any atom is -0.497 e. The van der Waals surface area contributed by atoms with Gasteiger partial charge in [-0.2, -0.15) is 0 Å². The summed E-state index contributed by atoms with van der Waals surface area (Å²) >= 11 is 7.59. The number of methoxy groups -OCH3 is 1. The highest BCUT2D eigenvalue weighted by Gasteiger charge is 2.26. The van der Waals surface area contributed by atoms with Crippen molar-refractivity contribution >= 4 is 40.6 Å². The molecule has 1 aliphatic rings. The number of aromatic nitrogens is 2. The summed E-state index contributed by atoms with van der Waals surface area (Å²) in [4.78, 5) is 32.3. The first-order valence-electron chi connectivity index (χ1n) is 12.0. The molecule has 3 N–H and O–H groups in total. The molecular formula is C28H26ClN5O3S. The number of rotatable bonds is 8. The van der Waals surface area contributed by atoms with E-state index in [0.29, 0.717) is 34.3 Å². The molecule has 10 heteroatoms. The topological polar surface area (TPSA) is 97.3 Å². The minimum absolute atomic E-state index is 0.184. The Morgan fingerprint density at radius 3 is 2.74 bits per heavy atom. The normalized spacial score (nSPS) is 13.9. The third kappa shape index (κ3) is 5.64. The Balaban J connectivity index is 1.47. The van der Waals surface area contributed by atoms with Crippen molar-refractivity contribution in [1.29, 1.82) is 0 Å². The van der Waals surface area contributed by atoms with Gasteiger partial charge in [0.25, 0.3) is 11.5 Å². The molecule has 194 valence electrons. The summed E-state index contributed by atoms with van der Waals surface area (Å²) in [5.74, 6) is 0.424. The molecule has 2 aromatic heterocycles. The first-order valence-corrected chi connectivity index (χ1v) is 13.2. The number of ether oxygens (including phenoxy) is 1. The second kappa shape index (κ2) is 11.2. The van der Waals surface area contributed by atoms with Crippen molar-refractivity contribution in [2.45, 2.75) is 30.4 Å². The zero-order valence-corrected chi connectivity index (χ0v) is 22.4. The summed E-state index contributed by atoms with van der Waals surface area (Å²) in [6.45, 7) is 2.35. The van der Waals surface area contributed by atoms with Crippen LogP contribution in [0.4, 0.5) is 11.4 Å². The molecule has 1 amide bonds. The summed E-state index contributed by atoms with van der Waals surface area (Å²) < 4.78 is 6.85. The van der Waals surface area contributed by atoms with Gasteiger partial charge in [-0.1, -0.05) is 53.7 Å². The van der Waals surface area contributed by atoms with Crippen LogP contribution in [-0.4, -0.2) is 28.1 Å². The van der Waals surface area contributed by atoms with Gasteiger partial charge in [0, 0.05) is 23.2 Å². The standard InChI is InChI=1S/C28H26ClN5O3S/c1-17-26(27(36)33-28-32-21-10-3-4-11-23(21)38-28)22(30-15-18-7-5-9-20(13-18)37-2)14-25(35)34(17)16-19-8-6-12-24(29)31-19/h3-14,28,30,32H,15-16H2,1-2H3,(H,33,36). The minimum atomic E-state index is -0.347. The van der Waals surface area contributed by atoms with Crippen molar-refractivity contribution in [2.24, 2.45) is 0 Å². The first-order chi connectivity index (χ1) is 18.4. The fourth-order valence-corrected chi connectivity index (χ4v) is 5.51. The van der Waals surface area contributed by atoms with Gasteiger partial charge in [-0.15, -0.1) is 0 Å². The highest BCUT2D eigenvalue weighted by atomic mass is 35.5. The fraction of sp³-hybridized carbons (Fsp3) is 0.179. The molecule has 0 aliphatic carbocycles. The Labute approximate surface area is 229 Å². The maximum atomic E-state index is 13.7. The van der Waals surface area contributed by atoms with Gasteiger partial charge in [-0.05, 0) is 48.9 Å². The number of amides is 1. The third-order valence-corrected chi connectivity index (χ3v) is 7.48. The molecule has 1 aliphatic heterocycles. The molecule has 1 unspecified atom stereocenters. The van der Waals surface area contributed by atoms with Gasteiger partial charge in [-0.3, -0.25) is 9.59 Å². The molecule has 38 heavy (non-hydrogen) atoms. The van der Waals surface area contributed by atoms with E-state index in [1.165, 1.54) is 22.4 Å². The Kier molecular flexibility index (Phi) is 7.57. The van der Waals surface area contributed by atoms with E-state index in [4.69, 9.17) is 16.3 Å². The summed E-state index contributed by atoms with van der Waals surface area (Å²) in [6.07, 6.45) is 0. The largest absolute Gasteiger partial charge is 0.497 e. The lowest BCUT2D eigenvalue weighted by Gasteiger charge is -2.20. The first kappa shape index (κ1) is 25.7. The molecule has 3 heterocycles. The van der Waals surface area contributed by atoms with Gasteiger partial charge in [0.15, 0.2) is 5.50 Å². The number of anilines is 2. The van der Waals surface area contributed by atoms with Crippen LogP contribution < -0.4 is 26.2 Å². The van der Waals surface area contributed by atoms with Crippen molar-refractivity contribution in [2.75, 3.05) is 17.7 Å². The molecule has 0 saturated heterocycles.